The van der Waals surface area contributed by atoms with Crippen LogP contribution in [-0.2, 0) is 4.74 Å². The number of pyridine rings is 1. The summed E-state index contributed by atoms with van der Waals surface area (Å²) in [5.41, 5.74) is 5.36. The summed E-state index contributed by atoms with van der Waals surface area (Å²) >= 11 is 0. The van der Waals surface area contributed by atoms with Crippen LogP contribution in [0.3, 0.4) is 0 Å². The Hall–Kier alpha value is -2.68. The van der Waals surface area contributed by atoms with E-state index in [4.69, 9.17) is 9.72 Å². The van der Waals surface area contributed by atoms with Crippen LogP contribution in [0.5, 0.6) is 0 Å². The van der Waals surface area contributed by atoms with Crippen LogP contribution in [0.1, 0.15) is 28.4 Å². The summed E-state index contributed by atoms with van der Waals surface area (Å²) in [5, 5.41) is 0.848. The lowest BCUT2D eigenvalue weighted by molar-refractivity contribution is 0.0528. The van der Waals surface area contributed by atoms with Crippen LogP contribution in [0, 0.1) is 13.8 Å². The molecule has 0 bridgehead atoms. The molecule has 0 amide bonds. The third-order valence-corrected chi connectivity index (χ3v) is 3.81. The second kappa shape index (κ2) is 6.21. The molecule has 23 heavy (non-hydrogen) atoms. The van der Waals surface area contributed by atoms with Crippen LogP contribution in [-0.4, -0.2) is 17.6 Å². The van der Waals surface area contributed by atoms with E-state index in [1.165, 1.54) is 0 Å². The minimum Gasteiger partial charge on any atom is -0.462 e. The number of benzene rings is 2. The molecule has 3 aromatic rings. The van der Waals surface area contributed by atoms with Crippen LogP contribution >= 0.6 is 0 Å². The first kappa shape index (κ1) is 15.2. The highest BCUT2D eigenvalue weighted by atomic mass is 16.5. The van der Waals surface area contributed by atoms with Gasteiger partial charge in [0.25, 0.3) is 0 Å². The van der Waals surface area contributed by atoms with Gasteiger partial charge in [0.1, 0.15) is 0 Å². The molecule has 0 spiro atoms. The predicted octanol–water partition coefficient (Wildman–Crippen LogP) is 4.70. The van der Waals surface area contributed by atoms with Gasteiger partial charge in [-0.25, -0.2) is 9.78 Å². The number of hydrogen-bond donors (Lipinski definition) is 0. The summed E-state index contributed by atoms with van der Waals surface area (Å²) in [6.07, 6.45) is 0. The van der Waals surface area contributed by atoms with Crippen LogP contribution in [0.25, 0.3) is 22.2 Å². The van der Waals surface area contributed by atoms with Crippen molar-refractivity contribution >= 4 is 16.9 Å². The predicted molar refractivity (Wildman–Crippen MR) is 92.6 cm³/mol. The number of aromatic nitrogens is 1. The highest BCUT2D eigenvalue weighted by molar-refractivity contribution is 6.05. The maximum absolute atomic E-state index is 12.4. The Balaban J connectivity index is 2.31. The van der Waals surface area contributed by atoms with Gasteiger partial charge < -0.3 is 4.74 Å². The molecule has 0 saturated carbocycles. The number of ether oxygens (including phenoxy) is 1. The third-order valence-electron chi connectivity index (χ3n) is 3.81. The number of nitrogens with zero attached hydrogens (tertiary/aromatic N) is 1. The molecule has 0 radical (unpaired) electrons. The van der Waals surface area contributed by atoms with Gasteiger partial charge >= 0.3 is 5.97 Å². The first-order valence-electron chi connectivity index (χ1n) is 7.74. The fourth-order valence-corrected chi connectivity index (χ4v) is 2.82. The zero-order valence-electron chi connectivity index (χ0n) is 13.6. The van der Waals surface area contributed by atoms with Crippen molar-refractivity contribution in [2.24, 2.45) is 0 Å². The Morgan fingerprint density at radius 2 is 1.83 bits per heavy atom. The van der Waals surface area contributed by atoms with Crippen LogP contribution in [0.4, 0.5) is 0 Å². The zero-order chi connectivity index (χ0) is 16.4. The second-order valence-electron chi connectivity index (χ2n) is 5.62. The molecule has 0 N–H and O–H groups in total. The summed E-state index contributed by atoms with van der Waals surface area (Å²) in [6, 6.07) is 15.8. The SMILES string of the molecule is CCOC(=O)c1cc(-c2ccccc2)nc2c(C)cc(C)cc12. The number of rotatable bonds is 3. The molecule has 0 aliphatic rings. The molecule has 0 fully saturated rings. The number of esters is 1. The van der Waals surface area contributed by atoms with E-state index in [9.17, 15) is 4.79 Å². The summed E-state index contributed by atoms with van der Waals surface area (Å²) in [4.78, 5) is 17.2. The molecule has 0 unspecified atom stereocenters. The zero-order valence-corrected chi connectivity index (χ0v) is 13.6. The Morgan fingerprint density at radius 1 is 1.09 bits per heavy atom. The van der Waals surface area contributed by atoms with Gasteiger partial charge in [0.05, 0.1) is 23.4 Å². The Kier molecular flexibility index (Phi) is 4.11. The van der Waals surface area contributed by atoms with E-state index in [0.29, 0.717) is 12.2 Å². The summed E-state index contributed by atoms with van der Waals surface area (Å²) in [7, 11) is 0. The number of carbonyl (C=O) groups is 1. The number of fused-ring (bicyclic) bond motifs is 1. The van der Waals surface area contributed by atoms with Crippen molar-refractivity contribution in [1.82, 2.24) is 4.98 Å². The Morgan fingerprint density at radius 3 is 2.52 bits per heavy atom. The normalized spacial score (nSPS) is 10.7. The lowest BCUT2D eigenvalue weighted by Crippen LogP contribution is -2.07. The largest absolute Gasteiger partial charge is 0.462 e. The third kappa shape index (κ3) is 2.95. The van der Waals surface area contributed by atoms with Gasteiger partial charge in [0.15, 0.2) is 0 Å². The first-order chi connectivity index (χ1) is 11.1. The highest BCUT2D eigenvalue weighted by Crippen LogP contribution is 2.28. The molecular formula is C20H19NO2. The van der Waals surface area contributed by atoms with Crippen molar-refractivity contribution in [2.75, 3.05) is 6.61 Å². The molecule has 0 atom stereocenters. The minimum absolute atomic E-state index is 0.304. The van der Waals surface area contributed by atoms with Crippen LogP contribution in [0.2, 0.25) is 0 Å². The molecule has 0 saturated heterocycles. The van der Waals surface area contributed by atoms with Gasteiger partial charge in [-0.1, -0.05) is 42.0 Å². The summed E-state index contributed by atoms with van der Waals surface area (Å²) in [5.74, 6) is -0.304. The van der Waals surface area contributed by atoms with Crippen molar-refractivity contribution in [3.63, 3.8) is 0 Å². The number of hydrogen-bond acceptors (Lipinski definition) is 3. The second-order valence-corrected chi connectivity index (χ2v) is 5.62. The monoisotopic (exact) mass is 305 g/mol. The maximum Gasteiger partial charge on any atom is 0.338 e. The average molecular weight is 305 g/mol. The van der Waals surface area contributed by atoms with Gasteiger partial charge in [0, 0.05) is 10.9 Å². The molecule has 3 nitrogen and oxygen atoms in total. The summed E-state index contributed by atoms with van der Waals surface area (Å²) < 4.78 is 5.24. The van der Waals surface area contributed by atoms with Gasteiger partial charge in [-0.3, -0.25) is 0 Å². The van der Waals surface area contributed by atoms with E-state index in [2.05, 4.69) is 6.07 Å². The van der Waals surface area contributed by atoms with E-state index in [1.54, 1.807) is 0 Å². The smallest absolute Gasteiger partial charge is 0.338 e. The quantitative estimate of drug-likeness (QED) is 0.659. The average Bonchev–Trinajstić information content (AvgIpc) is 2.55. The van der Waals surface area contributed by atoms with Gasteiger partial charge in [-0.05, 0) is 38.5 Å². The van der Waals surface area contributed by atoms with Crippen molar-refractivity contribution < 1.29 is 9.53 Å². The molecule has 3 rings (SSSR count). The van der Waals surface area contributed by atoms with E-state index in [-0.39, 0.29) is 5.97 Å². The first-order valence-corrected chi connectivity index (χ1v) is 7.74. The van der Waals surface area contributed by atoms with Crippen molar-refractivity contribution in [2.45, 2.75) is 20.8 Å². The van der Waals surface area contributed by atoms with Gasteiger partial charge in [-0.2, -0.15) is 0 Å². The number of carbonyl (C=O) groups excluding carboxylic acids is 1. The van der Waals surface area contributed by atoms with Crippen molar-refractivity contribution in [3.05, 3.63) is 65.2 Å². The molecule has 3 heteroatoms. The topological polar surface area (TPSA) is 39.2 Å². The Bertz CT molecular complexity index is 870. The lowest BCUT2D eigenvalue weighted by atomic mass is 10.00. The molecule has 0 aliphatic heterocycles. The fourth-order valence-electron chi connectivity index (χ4n) is 2.82. The van der Waals surface area contributed by atoms with E-state index in [1.807, 2.05) is 63.2 Å². The summed E-state index contributed by atoms with van der Waals surface area (Å²) in [6.45, 7) is 6.21. The van der Waals surface area contributed by atoms with E-state index >= 15 is 0 Å². The molecule has 0 aliphatic carbocycles. The minimum atomic E-state index is -0.304. The number of aryl methyl sites for hydroxylation is 2. The molecule has 1 heterocycles. The maximum atomic E-state index is 12.4. The van der Waals surface area contributed by atoms with Gasteiger partial charge in [0.2, 0.25) is 0 Å². The van der Waals surface area contributed by atoms with Crippen molar-refractivity contribution in [1.29, 1.82) is 0 Å². The standard InChI is InChI=1S/C20H19NO2/c1-4-23-20(22)17-12-18(15-8-6-5-7-9-15)21-19-14(3)10-13(2)11-16(17)19/h5-12H,4H2,1-3H3. The highest BCUT2D eigenvalue weighted by Gasteiger charge is 2.16. The van der Waals surface area contributed by atoms with Crippen LogP contribution < -0.4 is 0 Å². The molecule has 1 aromatic heterocycles. The van der Waals surface area contributed by atoms with E-state index in [0.717, 1.165) is 33.3 Å². The van der Waals surface area contributed by atoms with E-state index < -0.39 is 0 Å². The lowest BCUT2D eigenvalue weighted by Gasteiger charge is -2.12. The molecular weight excluding hydrogens is 286 g/mol. The Labute approximate surface area is 135 Å². The molecule has 2 aromatic carbocycles. The fraction of sp³-hybridized carbons (Fsp3) is 0.200. The van der Waals surface area contributed by atoms with Gasteiger partial charge in [-0.15, -0.1) is 0 Å². The molecule has 116 valence electrons. The van der Waals surface area contributed by atoms with Crippen molar-refractivity contribution in [3.8, 4) is 11.3 Å². The van der Waals surface area contributed by atoms with Crippen LogP contribution in [0.15, 0.2) is 48.5 Å².